The highest BCUT2D eigenvalue weighted by Crippen LogP contribution is 2.34. The molecule has 0 saturated heterocycles. The summed E-state index contributed by atoms with van der Waals surface area (Å²) in [6.07, 6.45) is 2.05. The van der Waals surface area contributed by atoms with Gasteiger partial charge in [-0.3, -0.25) is 0 Å². The zero-order valence-electron chi connectivity index (χ0n) is 23.1. The number of hydrogen-bond donors (Lipinski definition) is 4. The Kier molecular flexibility index (Phi) is 13.1. The third-order valence-electron chi connectivity index (χ3n) is 6.31. The van der Waals surface area contributed by atoms with Crippen molar-refractivity contribution in [2.75, 3.05) is 0 Å². The molecule has 0 bridgehead atoms. The van der Waals surface area contributed by atoms with Crippen LogP contribution >= 0.6 is 0 Å². The Hall–Kier alpha value is 0.764. The van der Waals surface area contributed by atoms with Crippen LogP contribution in [0.3, 0.4) is 0 Å². The maximum absolute atomic E-state index is 10.8. The van der Waals surface area contributed by atoms with Crippen molar-refractivity contribution in [3.05, 3.63) is 0 Å². The van der Waals surface area contributed by atoms with Crippen molar-refractivity contribution in [2.45, 2.75) is 129 Å². The highest BCUT2D eigenvalue weighted by Gasteiger charge is 2.61. The van der Waals surface area contributed by atoms with Crippen molar-refractivity contribution >= 4 is 42.3 Å². The molecule has 0 spiro atoms. The van der Waals surface area contributed by atoms with E-state index in [0.29, 0.717) is 25.7 Å². The molecule has 0 rings (SSSR count). The molecule has 0 saturated carbocycles. The van der Waals surface area contributed by atoms with Gasteiger partial charge in [-0.1, -0.05) is 27.7 Å². The first-order valence-corrected chi connectivity index (χ1v) is 25.9. The van der Waals surface area contributed by atoms with Gasteiger partial charge in [0, 0.05) is 0 Å². The van der Waals surface area contributed by atoms with Crippen LogP contribution in [0.5, 0.6) is 0 Å². The van der Waals surface area contributed by atoms with Crippen LogP contribution < -0.4 is 0 Å². The fraction of sp³-hybridized carbons (Fsp3) is 1.00. The standard InChI is InChI=1S/C20H52O8Si5/c1-13-17(21)29(5,6)25-33(26-30(7,8)18(22)14-2,27-31(9,10)19(23)15-3)28-32(11,12)20(24)16-4/h17-24H,13-16H2,1-12H3. The van der Waals surface area contributed by atoms with Gasteiger partial charge in [0.15, 0.2) is 0 Å². The number of rotatable bonds is 16. The molecule has 0 aromatic carbocycles. The van der Waals surface area contributed by atoms with Gasteiger partial charge in [-0.2, -0.15) is 0 Å². The van der Waals surface area contributed by atoms with E-state index in [4.69, 9.17) is 16.5 Å². The number of hydrogen-bond acceptors (Lipinski definition) is 8. The van der Waals surface area contributed by atoms with Crippen LogP contribution in [0, 0.1) is 0 Å². The third-order valence-corrected chi connectivity index (χ3v) is 26.8. The van der Waals surface area contributed by atoms with E-state index in [9.17, 15) is 20.4 Å². The molecule has 200 valence electrons. The molecular formula is C20H52O8Si5. The van der Waals surface area contributed by atoms with Gasteiger partial charge in [0.2, 0.25) is 33.3 Å². The summed E-state index contributed by atoms with van der Waals surface area (Å²) in [6.45, 7) is 22.8. The van der Waals surface area contributed by atoms with Crippen LogP contribution in [0.2, 0.25) is 52.4 Å². The molecule has 4 unspecified atom stereocenters. The molecule has 0 aliphatic heterocycles. The van der Waals surface area contributed by atoms with Gasteiger partial charge in [-0.05, 0) is 78.1 Å². The van der Waals surface area contributed by atoms with Crippen LogP contribution in [-0.2, 0) is 16.5 Å². The molecule has 0 aliphatic rings. The molecule has 4 atom stereocenters. The predicted octanol–water partition coefficient (Wildman–Crippen LogP) is 3.55. The second-order valence-electron chi connectivity index (χ2n) is 11.0. The first kappa shape index (κ1) is 33.8. The SMILES string of the molecule is CCC(O)[Si](C)(C)O[Si](O[Si](C)(C)C(O)CC)(O[Si](C)(C)C(O)CC)O[Si](C)(C)C(O)CC. The van der Waals surface area contributed by atoms with Crippen LogP contribution in [-0.4, -0.2) is 85.7 Å². The lowest BCUT2D eigenvalue weighted by atomic mass is 10.5. The molecule has 4 N–H and O–H groups in total. The Bertz CT molecular complexity index is 489. The first-order chi connectivity index (χ1) is 14.8. The van der Waals surface area contributed by atoms with Crippen molar-refractivity contribution in [2.24, 2.45) is 0 Å². The molecule has 13 heteroatoms. The van der Waals surface area contributed by atoms with Crippen molar-refractivity contribution in [3.63, 3.8) is 0 Å². The van der Waals surface area contributed by atoms with Crippen molar-refractivity contribution < 1.29 is 36.9 Å². The lowest BCUT2D eigenvalue weighted by molar-refractivity contribution is 0.0985. The van der Waals surface area contributed by atoms with E-state index in [0.717, 1.165) is 0 Å². The summed E-state index contributed by atoms with van der Waals surface area (Å²) in [5.74, 6) is 0. The molecule has 0 aromatic rings. The monoisotopic (exact) mass is 560 g/mol. The fourth-order valence-corrected chi connectivity index (χ4v) is 23.3. The van der Waals surface area contributed by atoms with Gasteiger partial charge in [0.1, 0.15) is 0 Å². The van der Waals surface area contributed by atoms with Gasteiger partial charge >= 0.3 is 9.05 Å². The molecule has 0 amide bonds. The van der Waals surface area contributed by atoms with Crippen LogP contribution in [0.15, 0.2) is 0 Å². The molecule has 8 nitrogen and oxygen atoms in total. The van der Waals surface area contributed by atoms with Crippen LogP contribution in [0.25, 0.3) is 0 Å². The maximum Gasteiger partial charge on any atom is 0.637 e. The molecule has 33 heavy (non-hydrogen) atoms. The summed E-state index contributed by atoms with van der Waals surface area (Å²) < 4.78 is 26.8. The minimum Gasteiger partial charge on any atom is -0.394 e. The third kappa shape index (κ3) is 9.62. The smallest absolute Gasteiger partial charge is 0.394 e. The average molecular weight is 561 g/mol. The molecule has 0 aliphatic carbocycles. The fourth-order valence-electron chi connectivity index (χ4n) is 3.65. The van der Waals surface area contributed by atoms with Crippen LogP contribution in [0.4, 0.5) is 0 Å². The minimum atomic E-state index is -4.05. The zero-order valence-corrected chi connectivity index (χ0v) is 28.1. The Morgan fingerprint density at radius 1 is 0.424 bits per heavy atom. The molecule has 0 fully saturated rings. The lowest BCUT2D eigenvalue weighted by Gasteiger charge is -2.48. The van der Waals surface area contributed by atoms with E-state index in [1.807, 2.05) is 80.1 Å². The largest absolute Gasteiger partial charge is 0.637 e. The second kappa shape index (κ2) is 12.8. The summed E-state index contributed by atoms with van der Waals surface area (Å²) in [7, 11) is -15.3. The number of aliphatic hydroxyl groups excluding tert-OH is 4. The summed E-state index contributed by atoms with van der Waals surface area (Å²) in [4.78, 5) is 0. The van der Waals surface area contributed by atoms with E-state index in [1.165, 1.54) is 0 Å². The summed E-state index contributed by atoms with van der Waals surface area (Å²) in [5.41, 5.74) is -2.71. The Morgan fingerprint density at radius 2 is 0.576 bits per heavy atom. The summed E-state index contributed by atoms with van der Waals surface area (Å²) in [6, 6.07) is 0. The topological polar surface area (TPSA) is 118 Å². The predicted molar refractivity (Wildman–Crippen MR) is 145 cm³/mol. The van der Waals surface area contributed by atoms with Gasteiger partial charge in [-0.15, -0.1) is 0 Å². The average Bonchev–Trinajstić information content (AvgIpc) is 2.68. The van der Waals surface area contributed by atoms with E-state index in [-0.39, 0.29) is 0 Å². The minimum absolute atomic E-state index is 0.513. The Morgan fingerprint density at radius 3 is 0.697 bits per heavy atom. The van der Waals surface area contributed by atoms with Gasteiger partial charge < -0.3 is 36.9 Å². The van der Waals surface area contributed by atoms with Gasteiger partial charge in [0.25, 0.3) is 0 Å². The van der Waals surface area contributed by atoms with E-state index < -0.39 is 65.2 Å². The van der Waals surface area contributed by atoms with Crippen molar-refractivity contribution in [1.82, 2.24) is 0 Å². The van der Waals surface area contributed by atoms with E-state index >= 15 is 0 Å². The quantitative estimate of drug-likeness (QED) is 0.212. The van der Waals surface area contributed by atoms with Gasteiger partial charge in [0.05, 0.1) is 22.9 Å². The van der Waals surface area contributed by atoms with Crippen molar-refractivity contribution in [3.8, 4) is 0 Å². The Labute approximate surface area is 207 Å². The lowest BCUT2D eigenvalue weighted by Crippen LogP contribution is -2.72. The highest BCUT2D eigenvalue weighted by atomic mass is 28.5. The molecular weight excluding hydrogens is 509 g/mol. The molecule has 0 radical (unpaired) electrons. The Balaban J connectivity index is 6.85. The highest BCUT2D eigenvalue weighted by molar-refractivity contribution is 6.93. The van der Waals surface area contributed by atoms with Crippen LogP contribution in [0.1, 0.15) is 53.4 Å². The molecule has 0 aromatic heterocycles. The zero-order chi connectivity index (χ0) is 26.5. The van der Waals surface area contributed by atoms with Crippen molar-refractivity contribution in [1.29, 1.82) is 0 Å². The molecule has 0 heterocycles. The normalized spacial score (nSPS) is 19.6. The first-order valence-electron chi connectivity index (χ1n) is 12.3. The van der Waals surface area contributed by atoms with E-state index in [2.05, 4.69) is 0 Å². The number of aliphatic hydroxyl groups is 4. The van der Waals surface area contributed by atoms with Gasteiger partial charge in [-0.25, -0.2) is 0 Å². The second-order valence-corrected chi connectivity index (χ2v) is 30.8. The summed E-state index contributed by atoms with van der Waals surface area (Å²) >= 11 is 0. The summed E-state index contributed by atoms with van der Waals surface area (Å²) in [5, 5.41) is 43.2. The van der Waals surface area contributed by atoms with E-state index in [1.54, 1.807) is 0 Å². The maximum atomic E-state index is 10.8.